The third-order valence-electron chi connectivity index (χ3n) is 3.90. The van der Waals surface area contributed by atoms with E-state index in [0.717, 1.165) is 29.7 Å². The van der Waals surface area contributed by atoms with Crippen LogP contribution in [0.3, 0.4) is 0 Å². The van der Waals surface area contributed by atoms with Gasteiger partial charge in [0.05, 0.1) is 0 Å². The molecule has 21 heavy (non-hydrogen) atoms. The van der Waals surface area contributed by atoms with E-state index in [4.69, 9.17) is 5.73 Å². The molecule has 0 radical (unpaired) electrons. The molecule has 0 aromatic heterocycles. The minimum Gasteiger partial charge on any atom is -0.399 e. The summed E-state index contributed by atoms with van der Waals surface area (Å²) in [5, 5.41) is 0. The molecule has 1 amide bonds. The molecule has 0 atom stereocenters. The van der Waals surface area contributed by atoms with Crippen molar-refractivity contribution in [2.45, 2.75) is 19.8 Å². The average molecular weight is 284 g/mol. The number of rotatable bonds is 1. The third kappa shape index (κ3) is 2.49. The molecule has 2 aromatic carbocycles. The zero-order valence-corrected chi connectivity index (χ0v) is 11.9. The topological polar surface area (TPSA) is 46.3 Å². The van der Waals surface area contributed by atoms with Crippen LogP contribution in [0.5, 0.6) is 0 Å². The number of carbonyl (C=O) groups is 1. The highest BCUT2D eigenvalue weighted by molar-refractivity contribution is 6.07. The zero-order chi connectivity index (χ0) is 15.0. The van der Waals surface area contributed by atoms with E-state index in [1.165, 1.54) is 12.1 Å². The van der Waals surface area contributed by atoms with Crippen molar-refractivity contribution >= 4 is 17.3 Å². The van der Waals surface area contributed by atoms with E-state index in [-0.39, 0.29) is 5.91 Å². The van der Waals surface area contributed by atoms with Crippen molar-refractivity contribution in [1.82, 2.24) is 0 Å². The van der Waals surface area contributed by atoms with Crippen LogP contribution >= 0.6 is 0 Å². The zero-order valence-electron chi connectivity index (χ0n) is 11.9. The first-order valence-corrected chi connectivity index (χ1v) is 7.02. The van der Waals surface area contributed by atoms with Crippen LogP contribution in [-0.4, -0.2) is 12.5 Å². The lowest BCUT2D eigenvalue weighted by atomic mass is 9.99. The van der Waals surface area contributed by atoms with E-state index in [1.807, 2.05) is 25.1 Å². The molecule has 0 saturated carbocycles. The van der Waals surface area contributed by atoms with Crippen molar-refractivity contribution in [3.05, 3.63) is 58.9 Å². The number of nitrogens with zero attached hydrogens (tertiary/aromatic N) is 1. The van der Waals surface area contributed by atoms with Gasteiger partial charge in [-0.15, -0.1) is 0 Å². The van der Waals surface area contributed by atoms with Gasteiger partial charge >= 0.3 is 0 Å². The summed E-state index contributed by atoms with van der Waals surface area (Å²) >= 11 is 0. The van der Waals surface area contributed by atoms with Crippen LogP contribution in [0.1, 0.15) is 27.9 Å². The van der Waals surface area contributed by atoms with Crippen molar-refractivity contribution in [3.8, 4) is 0 Å². The molecule has 4 heteroatoms. The van der Waals surface area contributed by atoms with Crippen LogP contribution in [0.4, 0.5) is 15.8 Å². The Balaban J connectivity index is 2.04. The molecule has 0 fully saturated rings. The first-order chi connectivity index (χ1) is 10.1. The predicted octanol–water partition coefficient (Wildman–Crippen LogP) is 3.31. The highest BCUT2D eigenvalue weighted by Crippen LogP contribution is 2.30. The lowest BCUT2D eigenvalue weighted by Gasteiger charge is -2.30. The van der Waals surface area contributed by atoms with Gasteiger partial charge in [-0.1, -0.05) is 12.1 Å². The van der Waals surface area contributed by atoms with E-state index in [0.29, 0.717) is 17.8 Å². The van der Waals surface area contributed by atoms with E-state index in [2.05, 4.69) is 0 Å². The second kappa shape index (κ2) is 5.20. The van der Waals surface area contributed by atoms with E-state index in [9.17, 15) is 9.18 Å². The van der Waals surface area contributed by atoms with Gasteiger partial charge in [-0.25, -0.2) is 4.39 Å². The molecular weight excluding hydrogens is 267 g/mol. The molecule has 2 N–H and O–H groups in total. The highest BCUT2D eigenvalue weighted by atomic mass is 19.1. The number of benzene rings is 2. The summed E-state index contributed by atoms with van der Waals surface area (Å²) in [5.74, 6) is -0.563. The minimum absolute atomic E-state index is 0.168. The van der Waals surface area contributed by atoms with Crippen LogP contribution in [0.15, 0.2) is 36.4 Å². The van der Waals surface area contributed by atoms with Crippen molar-refractivity contribution in [2.75, 3.05) is 17.2 Å². The van der Waals surface area contributed by atoms with Crippen LogP contribution in [-0.2, 0) is 6.42 Å². The Morgan fingerprint density at radius 3 is 2.86 bits per heavy atom. The molecule has 1 aliphatic rings. The lowest BCUT2D eigenvalue weighted by Crippen LogP contribution is -2.36. The monoisotopic (exact) mass is 284 g/mol. The van der Waals surface area contributed by atoms with Gasteiger partial charge in [-0.3, -0.25) is 4.79 Å². The lowest BCUT2D eigenvalue weighted by molar-refractivity contribution is 0.0984. The number of halogens is 1. The maximum atomic E-state index is 13.4. The number of nitrogen functional groups attached to an aromatic ring is 1. The number of nitrogens with two attached hydrogens (primary N) is 1. The molecule has 3 nitrogen and oxygen atoms in total. The number of fused-ring (bicyclic) bond motifs is 1. The summed E-state index contributed by atoms with van der Waals surface area (Å²) in [6.45, 7) is 2.45. The summed E-state index contributed by atoms with van der Waals surface area (Å²) in [4.78, 5) is 14.5. The second-order valence-corrected chi connectivity index (χ2v) is 5.41. The van der Waals surface area contributed by atoms with Crippen molar-refractivity contribution in [3.63, 3.8) is 0 Å². The first-order valence-electron chi connectivity index (χ1n) is 7.02. The maximum Gasteiger partial charge on any atom is 0.258 e. The van der Waals surface area contributed by atoms with Gasteiger partial charge < -0.3 is 10.6 Å². The smallest absolute Gasteiger partial charge is 0.258 e. The number of aryl methyl sites for hydroxylation is 2. The van der Waals surface area contributed by atoms with Gasteiger partial charge in [0.2, 0.25) is 0 Å². The third-order valence-corrected chi connectivity index (χ3v) is 3.90. The Kier molecular flexibility index (Phi) is 3.37. The Bertz CT molecular complexity index is 712. The first kappa shape index (κ1) is 13.6. The molecule has 1 heterocycles. The largest absolute Gasteiger partial charge is 0.399 e. The summed E-state index contributed by atoms with van der Waals surface area (Å²) in [6.07, 6.45) is 1.83. The molecule has 0 spiro atoms. The standard InChI is InChI=1S/C17H17FN2O/c1-11-4-6-13(18)9-15(11)17(21)20-8-2-3-12-5-7-14(19)10-16(12)20/h4-7,9-10H,2-3,8,19H2,1H3. The summed E-state index contributed by atoms with van der Waals surface area (Å²) in [6, 6.07) is 9.93. The van der Waals surface area contributed by atoms with Gasteiger partial charge in [0.1, 0.15) is 5.82 Å². The highest BCUT2D eigenvalue weighted by Gasteiger charge is 2.25. The molecule has 0 saturated heterocycles. The second-order valence-electron chi connectivity index (χ2n) is 5.41. The molecule has 1 aliphatic heterocycles. The van der Waals surface area contributed by atoms with Gasteiger partial charge in [0.25, 0.3) is 5.91 Å². The van der Waals surface area contributed by atoms with Gasteiger partial charge in [0, 0.05) is 23.5 Å². The Morgan fingerprint density at radius 2 is 2.05 bits per heavy atom. The van der Waals surface area contributed by atoms with Crippen LogP contribution in [0.25, 0.3) is 0 Å². The molecule has 2 aromatic rings. The molecular formula is C17H17FN2O. The summed E-state index contributed by atoms with van der Waals surface area (Å²) < 4.78 is 13.4. The molecule has 0 bridgehead atoms. The van der Waals surface area contributed by atoms with Crippen molar-refractivity contribution < 1.29 is 9.18 Å². The fourth-order valence-electron chi connectivity index (χ4n) is 2.77. The summed E-state index contributed by atoms with van der Waals surface area (Å²) in [5.41, 5.74) is 9.60. The van der Waals surface area contributed by atoms with Crippen LogP contribution in [0.2, 0.25) is 0 Å². The van der Waals surface area contributed by atoms with E-state index >= 15 is 0 Å². The Hall–Kier alpha value is -2.36. The van der Waals surface area contributed by atoms with E-state index in [1.54, 1.807) is 11.0 Å². The summed E-state index contributed by atoms with van der Waals surface area (Å²) in [7, 11) is 0. The van der Waals surface area contributed by atoms with Crippen LogP contribution < -0.4 is 10.6 Å². The number of hydrogen-bond acceptors (Lipinski definition) is 2. The van der Waals surface area contributed by atoms with Crippen LogP contribution in [0, 0.1) is 12.7 Å². The van der Waals surface area contributed by atoms with Crippen molar-refractivity contribution in [2.24, 2.45) is 0 Å². The SMILES string of the molecule is Cc1ccc(F)cc1C(=O)N1CCCc2ccc(N)cc21. The normalized spacial score (nSPS) is 13.9. The quantitative estimate of drug-likeness (QED) is 0.817. The van der Waals surface area contributed by atoms with Gasteiger partial charge in [-0.2, -0.15) is 0 Å². The average Bonchev–Trinajstić information content (AvgIpc) is 2.48. The molecule has 108 valence electrons. The Morgan fingerprint density at radius 1 is 1.24 bits per heavy atom. The van der Waals surface area contributed by atoms with Gasteiger partial charge in [-0.05, 0) is 55.2 Å². The number of amides is 1. The predicted molar refractivity (Wildman–Crippen MR) is 82.0 cm³/mol. The minimum atomic E-state index is -0.395. The number of carbonyl (C=O) groups excluding carboxylic acids is 1. The van der Waals surface area contributed by atoms with Gasteiger partial charge in [0.15, 0.2) is 0 Å². The molecule has 3 rings (SSSR count). The molecule has 0 aliphatic carbocycles. The van der Waals surface area contributed by atoms with Crippen molar-refractivity contribution in [1.29, 1.82) is 0 Å². The maximum absolute atomic E-state index is 13.4. The molecule has 0 unspecified atom stereocenters. The Labute approximate surface area is 123 Å². The fourth-order valence-corrected chi connectivity index (χ4v) is 2.77. The number of hydrogen-bond donors (Lipinski definition) is 1. The number of anilines is 2. The fraction of sp³-hybridized carbons (Fsp3) is 0.235. The van der Waals surface area contributed by atoms with E-state index < -0.39 is 5.82 Å².